The zero-order valence-corrected chi connectivity index (χ0v) is 13.4. The maximum Gasteiger partial charge on any atom is 0.249 e. The summed E-state index contributed by atoms with van der Waals surface area (Å²) in [6.45, 7) is 3.55. The standard InChI is InChI=1S/C17H25N3O2/c1-13-7-9-14(10-8-13)20-12-4-5-15(17(20)22)19-16(21)6-3-11-18-2/h7-10,15,18H,3-6,11-12H2,1-2H3,(H,19,21). The Morgan fingerprint density at radius 2 is 2.05 bits per heavy atom. The van der Waals surface area contributed by atoms with Gasteiger partial charge in [0.25, 0.3) is 0 Å². The van der Waals surface area contributed by atoms with Gasteiger partial charge in [-0.05, 0) is 51.9 Å². The van der Waals surface area contributed by atoms with Crippen LogP contribution in [0.3, 0.4) is 0 Å². The van der Waals surface area contributed by atoms with Gasteiger partial charge in [-0.1, -0.05) is 17.7 Å². The summed E-state index contributed by atoms with van der Waals surface area (Å²) in [5, 5.41) is 5.89. The number of benzene rings is 1. The lowest BCUT2D eigenvalue weighted by Gasteiger charge is -2.32. The molecule has 1 aromatic carbocycles. The highest BCUT2D eigenvalue weighted by molar-refractivity contribution is 5.99. The molecule has 1 heterocycles. The highest BCUT2D eigenvalue weighted by Crippen LogP contribution is 2.21. The molecule has 2 N–H and O–H groups in total. The minimum atomic E-state index is -0.392. The Labute approximate surface area is 132 Å². The molecule has 1 aromatic rings. The molecule has 1 unspecified atom stereocenters. The topological polar surface area (TPSA) is 61.4 Å². The van der Waals surface area contributed by atoms with Gasteiger partial charge in [0.15, 0.2) is 0 Å². The van der Waals surface area contributed by atoms with Crippen molar-refractivity contribution < 1.29 is 9.59 Å². The van der Waals surface area contributed by atoms with Crippen LogP contribution in [0, 0.1) is 6.92 Å². The fourth-order valence-electron chi connectivity index (χ4n) is 2.68. The first-order valence-electron chi connectivity index (χ1n) is 7.94. The van der Waals surface area contributed by atoms with Crippen molar-refractivity contribution in [3.63, 3.8) is 0 Å². The van der Waals surface area contributed by atoms with E-state index in [1.54, 1.807) is 4.90 Å². The number of rotatable bonds is 6. The van der Waals surface area contributed by atoms with Crippen LogP contribution in [0.15, 0.2) is 24.3 Å². The molecule has 0 aliphatic carbocycles. The van der Waals surface area contributed by atoms with Crippen LogP contribution in [-0.2, 0) is 9.59 Å². The van der Waals surface area contributed by atoms with E-state index in [-0.39, 0.29) is 11.8 Å². The van der Waals surface area contributed by atoms with Crippen molar-refractivity contribution in [3.8, 4) is 0 Å². The minimum Gasteiger partial charge on any atom is -0.344 e. The van der Waals surface area contributed by atoms with Crippen LogP contribution in [0.5, 0.6) is 0 Å². The summed E-state index contributed by atoms with van der Waals surface area (Å²) in [7, 11) is 1.86. The lowest BCUT2D eigenvalue weighted by Crippen LogP contribution is -2.52. The molecule has 1 fully saturated rings. The number of carbonyl (C=O) groups is 2. The van der Waals surface area contributed by atoms with Crippen LogP contribution in [0.25, 0.3) is 0 Å². The third-order valence-corrected chi connectivity index (χ3v) is 3.95. The summed E-state index contributed by atoms with van der Waals surface area (Å²) in [6.07, 6.45) is 2.86. The Morgan fingerprint density at radius 3 is 2.73 bits per heavy atom. The summed E-state index contributed by atoms with van der Waals surface area (Å²) < 4.78 is 0. The average molecular weight is 303 g/mol. The molecule has 2 rings (SSSR count). The number of nitrogens with zero attached hydrogens (tertiary/aromatic N) is 1. The third kappa shape index (κ3) is 4.31. The van der Waals surface area contributed by atoms with Crippen molar-refractivity contribution in [2.75, 3.05) is 25.0 Å². The summed E-state index contributed by atoms with van der Waals surface area (Å²) >= 11 is 0. The highest BCUT2D eigenvalue weighted by Gasteiger charge is 2.30. The number of aryl methyl sites for hydroxylation is 1. The summed E-state index contributed by atoms with van der Waals surface area (Å²) in [6, 6.07) is 7.54. The Morgan fingerprint density at radius 1 is 1.32 bits per heavy atom. The van der Waals surface area contributed by atoms with E-state index in [1.165, 1.54) is 5.56 Å². The molecule has 0 aromatic heterocycles. The molecule has 0 spiro atoms. The first kappa shape index (κ1) is 16.5. The van der Waals surface area contributed by atoms with Gasteiger partial charge in [0.05, 0.1) is 0 Å². The highest BCUT2D eigenvalue weighted by atomic mass is 16.2. The number of nitrogens with one attached hydrogen (secondary N) is 2. The normalized spacial score (nSPS) is 18.4. The lowest BCUT2D eigenvalue weighted by molar-refractivity contribution is -0.128. The molecule has 2 amide bonds. The van der Waals surface area contributed by atoms with Gasteiger partial charge in [-0.25, -0.2) is 0 Å². The fourth-order valence-corrected chi connectivity index (χ4v) is 2.68. The Kier molecular flexibility index (Phi) is 5.95. The zero-order valence-electron chi connectivity index (χ0n) is 13.4. The van der Waals surface area contributed by atoms with Gasteiger partial charge in [-0.2, -0.15) is 0 Å². The van der Waals surface area contributed by atoms with Crippen LogP contribution in [0.2, 0.25) is 0 Å². The van der Waals surface area contributed by atoms with Gasteiger partial charge in [-0.15, -0.1) is 0 Å². The number of hydrogen-bond acceptors (Lipinski definition) is 3. The molecule has 0 radical (unpaired) electrons. The minimum absolute atomic E-state index is 0.00271. The van der Waals surface area contributed by atoms with Gasteiger partial charge in [0, 0.05) is 18.7 Å². The van der Waals surface area contributed by atoms with E-state index in [0.717, 1.165) is 31.5 Å². The molecule has 5 nitrogen and oxygen atoms in total. The van der Waals surface area contributed by atoms with Gasteiger partial charge < -0.3 is 15.5 Å². The molecule has 1 saturated heterocycles. The smallest absolute Gasteiger partial charge is 0.249 e. The fraction of sp³-hybridized carbons (Fsp3) is 0.529. The first-order valence-corrected chi connectivity index (χ1v) is 7.94. The van der Waals surface area contributed by atoms with Crippen LogP contribution >= 0.6 is 0 Å². The molecule has 0 bridgehead atoms. The Hall–Kier alpha value is -1.88. The van der Waals surface area contributed by atoms with Gasteiger partial charge in [-0.3, -0.25) is 9.59 Å². The third-order valence-electron chi connectivity index (χ3n) is 3.95. The SMILES string of the molecule is CNCCCC(=O)NC1CCCN(c2ccc(C)cc2)C1=O. The number of hydrogen-bond donors (Lipinski definition) is 2. The molecule has 120 valence electrons. The molecular weight excluding hydrogens is 278 g/mol. The second kappa shape index (κ2) is 7.94. The number of piperidine rings is 1. The van der Waals surface area contributed by atoms with Crippen molar-refractivity contribution in [1.82, 2.24) is 10.6 Å². The zero-order chi connectivity index (χ0) is 15.9. The van der Waals surface area contributed by atoms with Gasteiger partial charge in [0.2, 0.25) is 11.8 Å². The van der Waals surface area contributed by atoms with E-state index in [0.29, 0.717) is 13.0 Å². The van der Waals surface area contributed by atoms with E-state index < -0.39 is 6.04 Å². The van der Waals surface area contributed by atoms with Crippen molar-refractivity contribution in [2.45, 2.75) is 38.6 Å². The molecule has 0 saturated carbocycles. The summed E-state index contributed by atoms with van der Waals surface area (Å²) in [5.74, 6) is -0.0450. The summed E-state index contributed by atoms with van der Waals surface area (Å²) in [4.78, 5) is 26.3. The van der Waals surface area contributed by atoms with Crippen LogP contribution < -0.4 is 15.5 Å². The largest absolute Gasteiger partial charge is 0.344 e. The number of amides is 2. The second-order valence-electron chi connectivity index (χ2n) is 5.79. The molecule has 5 heteroatoms. The number of carbonyl (C=O) groups excluding carboxylic acids is 2. The monoisotopic (exact) mass is 303 g/mol. The van der Waals surface area contributed by atoms with Crippen molar-refractivity contribution in [1.29, 1.82) is 0 Å². The maximum absolute atomic E-state index is 12.6. The quantitative estimate of drug-likeness (QED) is 0.785. The predicted octanol–water partition coefficient (Wildman–Crippen LogP) is 1.61. The van der Waals surface area contributed by atoms with E-state index in [9.17, 15) is 9.59 Å². The second-order valence-corrected chi connectivity index (χ2v) is 5.79. The number of anilines is 1. The maximum atomic E-state index is 12.6. The van der Waals surface area contributed by atoms with Gasteiger partial charge >= 0.3 is 0 Å². The van der Waals surface area contributed by atoms with Gasteiger partial charge in [0.1, 0.15) is 6.04 Å². The molecule has 1 aliphatic rings. The van der Waals surface area contributed by atoms with E-state index >= 15 is 0 Å². The molecule has 22 heavy (non-hydrogen) atoms. The van der Waals surface area contributed by atoms with E-state index in [4.69, 9.17) is 0 Å². The van der Waals surface area contributed by atoms with E-state index in [1.807, 2.05) is 38.2 Å². The molecule has 1 atom stereocenters. The van der Waals surface area contributed by atoms with Crippen LogP contribution in [0.4, 0.5) is 5.69 Å². The van der Waals surface area contributed by atoms with Crippen molar-refractivity contribution >= 4 is 17.5 Å². The lowest BCUT2D eigenvalue weighted by atomic mass is 10.0. The van der Waals surface area contributed by atoms with Crippen molar-refractivity contribution in [3.05, 3.63) is 29.8 Å². The Balaban J connectivity index is 1.95. The molecule has 1 aliphatic heterocycles. The Bertz CT molecular complexity index is 513. The first-order chi connectivity index (χ1) is 10.6. The van der Waals surface area contributed by atoms with Crippen LogP contribution in [-0.4, -0.2) is 38.0 Å². The average Bonchev–Trinajstić information content (AvgIpc) is 2.51. The predicted molar refractivity (Wildman–Crippen MR) is 87.9 cm³/mol. The van der Waals surface area contributed by atoms with Crippen LogP contribution in [0.1, 0.15) is 31.2 Å². The van der Waals surface area contributed by atoms with Crippen molar-refractivity contribution in [2.24, 2.45) is 0 Å². The summed E-state index contributed by atoms with van der Waals surface area (Å²) in [5.41, 5.74) is 2.08. The molecular formula is C17H25N3O2. The van der Waals surface area contributed by atoms with E-state index in [2.05, 4.69) is 10.6 Å².